The molecule has 3 aromatic rings. The van der Waals surface area contributed by atoms with Gasteiger partial charge >= 0.3 is 5.69 Å². The molecule has 0 amide bonds. The molecule has 0 radical (unpaired) electrons. The molecule has 4 rings (SSSR count). The van der Waals surface area contributed by atoms with Gasteiger partial charge in [0.2, 0.25) is 5.95 Å². The maximum Gasteiger partial charge on any atom is 0.332 e. The summed E-state index contributed by atoms with van der Waals surface area (Å²) in [4.78, 5) is 46.4. The van der Waals surface area contributed by atoms with Gasteiger partial charge in [-0.25, -0.2) is 4.79 Å². The van der Waals surface area contributed by atoms with Crippen LogP contribution in [0.15, 0.2) is 51.6 Å². The molecule has 0 spiro atoms. The van der Waals surface area contributed by atoms with Gasteiger partial charge in [-0.15, -0.1) is 0 Å². The molecule has 0 saturated carbocycles. The van der Waals surface area contributed by atoms with Crippen molar-refractivity contribution in [2.75, 3.05) is 25.1 Å². The van der Waals surface area contributed by atoms with E-state index in [9.17, 15) is 14.4 Å². The lowest BCUT2D eigenvalue weighted by atomic mass is 10.0. The van der Waals surface area contributed by atoms with Crippen LogP contribution in [0, 0.1) is 0 Å². The molecule has 1 aliphatic heterocycles. The Morgan fingerprint density at radius 1 is 1.20 bits per heavy atom. The summed E-state index contributed by atoms with van der Waals surface area (Å²) in [6, 6.07) is 8.42. The summed E-state index contributed by atoms with van der Waals surface area (Å²) >= 11 is 0. The van der Waals surface area contributed by atoms with Gasteiger partial charge in [0.25, 0.3) is 5.56 Å². The van der Waals surface area contributed by atoms with Crippen molar-refractivity contribution >= 4 is 22.9 Å². The number of rotatable bonds is 7. The number of carbonyl (C=O) groups excluding carboxylic acids is 1. The van der Waals surface area contributed by atoms with Crippen LogP contribution in [0.5, 0.6) is 0 Å². The first-order valence-corrected chi connectivity index (χ1v) is 11.7. The van der Waals surface area contributed by atoms with Crippen LogP contribution in [-0.4, -0.2) is 56.8 Å². The Kier molecular flexibility index (Phi) is 7.04. The van der Waals surface area contributed by atoms with Crippen LogP contribution < -0.4 is 21.9 Å². The zero-order chi connectivity index (χ0) is 25.3. The monoisotopic (exact) mass is 480 g/mol. The van der Waals surface area contributed by atoms with Crippen molar-refractivity contribution in [3.05, 3.63) is 68.4 Å². The molecular weight excluding hydrogens is 448 g/mol. The quantitative estimate of drug-likeness (QED) is 0.400. The van der Waals surface area contributed by atoms with E-state index < -0.39 is 11.2 Å². The molecule has 3 heterocycles. The van der Waals surface area contributed by atoms with Crippen molar-refractivity contribution in [2.45, 2.75) is 45.5 Å². The normalized spacial score (nSPS) is 18.1. The number of hydrogen-bond acceptors (Lipinski definition) is 7. The van der Waals surface area contributed by atoms with Gasteiger partial charge in [-0.2, -0.15) is 4.98 Å². The highest BCUT2D eigenvalue weighted by Gasteiger charge is 2.30. The van der Waals surface area contributed by atoms with Crippen molar-refractivity contribution in [3.8, 4) is 0 Å². The van der Waals surface area contributed by atoms with Crippen LogP contribution in [0.25, 0.3) is 11.2 Å². The van der Waals surface area contributed by atoms with Crippen molar-refractivity contribution in [3.63, 3.8) is 0 Å². The molecule has 2 aromatic heterocycles. The van der Waals surface area contributed by atoms with Gasteiger partial charge in [0.05, 0.1) is 12.6 Å². The highest BCUT2D eigenvalue weighted by atomic mass is 16.5. The maximum absolute atomic E-state index is 13.6. The standard InChI is InChI=1S/C25H32N6O4/c1-16(2)10-13-30-21-22(27-24(30)29-12-11-20(35-4)18(26)14-29)28(3)25(34)31(23(21)33)15-19(32)17-8-6-5-7-9-17/h5-10,18,20H,11-15,26H2,1-4H3. The zero-order valence-electron chi connectivity index (χ0n) is 20.6. The molecule has 1 saturated heterocycles. The zero-order valence-corrected chi connectivity index (χ0v) is 20.6. The number of anilines is 1. The summed E-state index contributed by atoms with van der Waals surface area (Å²) in [6.07, 6.45) is 2.67. The lowest BCUT2D eigenvalue weighted by molar-refractivity contribution is 0.0661. The van der Waals surface area contributed by atoms with E-state index in [0.717, 1.165) is 16.6 Å². The first-order chi connectivity index (χ1) is 16.7. The van der Waals surface area contributed by atoms with E-state index in [0.29, 0.717) is 31.1 Å². The Hall–Kier alpha value is -3.50. The number of aryl methyl sites for hydroxylation is 1. The molecule has 1 fully saturated rings. The smallest absolute Gasteiger partial charge is 0.332 e. The number of hydrogen-bond donors (Lipinski definition) is 1. The Labute approximate surface area is 203 Å². The number of piperidine rings is 1. The second kappa shape index (κ2) is 10.0. The largest absolute Gasteiger partial charge is 0.380 e. The molecule has 186 valence electrons. The third-order valence-electron chi connectivity index (χ3n) is 6.47. The first kappa shape index (κ1) is 24.6. The topological polar surface area (TPSA) is 117 Å². The molecule has 2 unspecified atom stereocenters. The first-order valence-electron chi connectivity index (χ1n) is 11.7. The summed E-state index contributed by atoms with van der Waals surface area (Å²) in [7, 11) is 3.22. The number of ketones is 1. The van der Waals surface area contributed by atoms with E-state index in [-0.39, 0.29) is 35.6 Å². The Bertz CT molecular complexity index is 1380. The highest BCUT2D eigenvalue weighted by Crippen LogP contribution is 2.24. The minimum Gasteiger partial charge on any atom is -0.380 e. The van der Waals surface area contributed by atoms with E-state index in [4.69, 9.17) is 15.5 Å². The summed E-state index contributed by atoms with van der Waals surface area (Å²) in [6.45, 7) is 5.16. The van der Waals surface area contributed by atoms with E-state index >= 15 is 0 Å². The number of nitrogens with zero attached hydrogens (tertiary/aromatic N) is 5. The van der Waals surface area contributed by atoms with Crippen molar-refractivity contribution in [1.29, 1.82) is 0 Å². The fourth-order valence-corrected chi connectivity index (χ4v) is 4.48. The number of aromatic nitrogens is 4. The summed E-state index contributed by atoms with van der Waals surface area (Å²) in [5.74, 6) is 0.258. The van der Waals surface area contributed by atoms with Crippen molar-refractivity contribution in [2.24, 2.45) is 12.8 Å². The molecule has 0 bridgehead atoms. The lowest BCUT2D eigenvalue weighted by Crippen LogP contribution is -2.52. The number of benzene rings is 1. The fourth-order valence-electron chi connectivity index (χ4n) is 4.48. The van der Waals surface area contributed by atoms with Gasteiger partial charge in [-0.1, -0.05) is 42.0 Å². The third-order valence-corrected chi connectivity index (χ3v) is 6.47. The van der Waals surface area contributed by atoms with Crippen molar-refractivity contribution in [1.82, 2.24) is 18.7 Å². The molecule has 2 atom stereocenters. The van der Waals surface area contributed by atoms with Crippen LogP contribution in [0.1, 0.15) is 30.6 Å². The molecular formula is C25H32N6O4. The molecule has 1 aromatic carbocycles. The van der Waals surface area contributed by atoms with Gasteiger partial charge < -0.3 is 19.9 Å². The number of ether oxygens (including phenoxy) is 1. The second-order valence-corrected chi connectivity index (χ2v) is 9.17. The van der Waals surface area contributed by atoms with Gasteiger partial charge in [-0.05, 0) is 20.3 Å². The third kappa shape index (κ3) is 4.71. The Morgan fingerprint density at radius 2 is 1.91 bits per heavy atom. The number of nitrogens with two attached hydrogens (primary N) is 1. The predicted molar refractivity (Wildman–Crippen MR) is 135 cm³/mol. The van der Waals surface area contributed by atoms with E-state index in [1.807, 2.05) is 29.4 Å². The predicted octanol–water partition coefficient (Wildman–Crippen LogP) is 1.30. The fraction of sp³-hybridized carbons (Fsp3) is 0.440. The van der Waals surface area contributed by atoms with Gasteiger partial charge in [0.15, 0.2) is 16.9 Å². The molecule has 2 N–H and O–H groups in total. The molecule has 0 aliphatic carbocycles. The van der Waals surface area contributed by atoms with Gasteiger partial charge in [0, 0.05) is 45.4 Å². The number of fused-ring (bicyclic) bond motifs is 1. The SMILES string of the molecule is COC1CCN(c2nc3c(c(=O)n(CC(=O)c4ccccc4)c(=O)n3C)n2CC=C(C)C)CC1N. The minimum atomic E-state index is -0.583. The van der Waals surface area contributed by atoms with Crippen LogP contribution in [-0.2, 0) is 24.9 Å². The van der Waals surface area contributed by atoms with Crippen LogP contribution in [0.3, 0.4) is 0 Å². The number of Topliss-reactive ketones (excluding diaryl/α,β-unsaturated/α-hetero) is 1. The lowest BCUT2D eigenvalue weighted by Gasteiger charge is -2.36. The van der Waals surface area contributed by atoms with Crippen LogP contribution >= 0.6 is 0 Å². The number of imidazole rings is 1. The van der Waals surface area contributed by atoms with E-state index in [2.05, 4.69) is 0 Å². The molecule has 10 heteroatoms. The van der Waals surface area contributed by atoms with Crippen LogP contribution in [0.2, 0.25) is 0 Å². The second-order valence-electron chi connectivity index (χ2n) is 9.17. The van der Waals surface area contributed by atoms with Crippen molar-refractivity contribution < 1.29 is 9.53 Å². The van der Waals surface area contributed by atoms with Gasteiger partial charge in [-0.3, -0.25) is 18.7 Å². The summed E-state index contributed by atoms with van der Waals surface area (Å²) < 4.78 is 9.62. The average Bonchev–Trinajstić information content (AvgIpc) is 3.24. The molecule has 1 aliphatic rings. The maximum atomic E-state index is 13.6. The average molecular weight is 481 g/mol. The highest BCUT2D eigenvalue weighted by molar-refractivity contribution is 5.95. The van der Waals surface area contributed by atoms with E-state index in [1.165, 1.54) is 4.57 Å². The van der Waals surface area contributed by atoms with E-state index in [1.54, 1.807) is 44.5 Å². The minimum absolute atomic E-state index is 0.0487. The number of allylic oxidation sites excluding steroid dienone is 2. The number of carbonyl (C=O) groups is 1. The molecule has 35 heavy (non-hydrogen) atoms. The van der Waals surface area contributed by atoms with Gasteiger partial charge in [0.1, 0.15) is 0 Å². The Balaban J connectivity index is 1.86. The summed E-state index contributed by atoms with van der Waals surface area (Å²) in [5, 5.41) is 0. The van der Waals surface area contributed by atoms with Crippen LogP contribution in [0.4, 0.5) is 5.95 Å². The number of methoxy groups -OCH3 is 1. The Morgan fingerprint density at radius 3 is 2.54 bits per heavy atom. The summed E-state index contributed by atoms with van der Waals surface area (Å²) in [5.41, 5.74) is 7.29. The molecule has 10 nitrogen and oxygen atoms in total.